The fourth-order valence-corrected chi connectivity index (χ4v) is 1.82. The zero-order chi connectivity index (χ0) is 13.0. The monoisotopic (exact) mass is 242 g/mol. The van der Waals surface area contributed by atoms with Crippen LogP contribution in [-0.2, 0) is 11.2 Å². The minimum atomic E-state index is -0.876. The average molecular weight is 242 g/mol. The number of carboxylic acids is 1. The second-order valence-electron chi connectivity index (χ2n) is 4.24. The predicted molar refractivity (Wildman–Crippen MR) is 67.3 cm³/mol. The first-order valence-electron chi connectivity index (χ1n) is 5.73. The van der Waals surface area contributed by atoms with Crippen molar-refractivity contribution in [2.75, 3.05) is 0 Å². The molecule has 0 aliphatic heterocycles. The third kappa shape index (κ3) is 2.91. The molecule has 4 nitrogen and oxygen atoms in total. The third-order valence-corrected chi connectivity index (χ3v) is 2.75. The van der Waals surface area contributed by atoms with Gasteiger partial charge < -0.3 is 5.11 Å². The van der Waals surface area contributed by atoms with Gasteiger partial charge in [0.1, 0.15) is 5.92 Å². The maximum atomic E-state index is 11.3. The van der Waals surface area contributed by atoms with Gasteiger partial charge in [-0.05, 0) is 30.5 Å². The summed E-state index contributed by atoms with van der Waals surface area (Å²) in [6.07, 6.45) is 2.04. The summed E-state index contributed by atoms with van der Waals surface area (Å²) in [6.45, 7) is 1.87. The highest BCUT2D eigenvalue weighted by atomic mass is 16.4. The Morgan fingerprint density at radius 2 is 2.06 bits per heavy atom. The summed E-state index contributed by atoms with van der Waals surface area (Å²) in [5.74, 6) is -1.53. The molecule has 0 aliphatic carbocycles. The van der Waals surface area contributed by atoms with Crippen LogP contribution >= 0.6 is 0 Å². The van der Waals surface area contributed by atoms with Gasteiger partial charge in [-0.2, -0.15) is 10.2 Å². The van der Waals surface area contributed by atoms with E-state index in [2.05, 4.69) is 10.2 Å². The molecule has 1 aromatic heterocycles. The average Bonchev–Trinajstić information content (AvgIpc) is 2.37. The molecule has 0 radical (unpaired) electrons. The van der Waals surface area contributed by atoms with Crippen molar-refractivity contribution in [3.8, 4) is 0 Å². The van der Waals surface area contributed by atoms with Crippen LogP contribution in [0.15, 0.2) is 42.6 Å². The lowest BCUT2D eigenvalue weighted by atomic mass is 9.95. The number of hydrogen-bond acceptors (Lipinski definition) is 3. The first-order chi connectivity index (χ1) is 8.66. The fraction of sp³-hybridized carbons (Fsp3) is 0.214. The number of nitrogens with zero attached hydrogens (tertiary/aromatic N) is 2. The second-order valence-corrected chi connectivity index (χ2v) is 4.24. The van der Waals surface area contributed by atoms with Gasteiger partial charge in [0.25, 0.3) is 0 Å². The predicted octanol–water partition coefficient (Wildman–Crippen LogP) is 2.20. The van der Waals surface area contributed by atoms with Gasteiger partial charge in [-0.3, -0.25) is 4.79 Å². The molecule has 0 saturated heterocycles. The van der Waals surface area contributed by atoms with Gasteiger partial charge in [-0.1, -0.05) is 30.3 Å². The molecule has 0 bridgehead atoms. The highest BCUT2D eigenvalue weighted by Gasteiger charge is 2.22. The molecule has 18 heavy (non-hydrogen) atoms. The Hall–Kier alpha value is -2.23. The van der Waals surface area contributed by atoms with Crippen molar-refractivity contribution in [3.05, 3.63) is 59.4 Å². The van der Waals surface area contributed by atoms with E-state index in [1.165, 1.54) is 0 Å². The Kier molecular flexibility index (Phi) is 3.67. The van der Waals surface area contributed by atoms with Gasteiger partial charge in [0.2, 0.25) is 0 Å². The van der Waals surface area contributed by atoms with Crippen molar-refractivity contribution in [1.29, 1.82) is 0 Å². The Bertz CT molecular complexity index is 541. The number of aryl methyl sites for hydroxylation is 1. The minimum absolute atomic E-state index is 0.425. The van der Waals surface area contributed by atoms with Crippen LogP contribution in [0.1, 0.15) is 22.7 Å². The molecule has 1 heterocycles. The highest BCUT2D eigenvalue weighted by molar-refractivity contribution is 5.75. The topological polar surface area (TPSA) is 63.1 Å². The second kappa shape index (κ2) is 5.40. The maximum Gasteiger partial charge on any atom is 0.313 e. The molecule has 4 heteroatoms. The van der Waals surface area contributed by atoms with E-state index in [0.717, 1.165) is 11.1 Å². The van der Waals surface area contributed by atoms with E-state index in [4.69, 9.17) is 0 Å². The van der Waals surface area contributed by atoms with Crippen molar-refractivity contribution in [1.82, 2.24) is 10.2 Å². The van der Waals surface area contributed by atoms with Gasteiger partial charge >= 0.3 is 5.97 Å². The van der Waals surface area contributed by atoms with Gasteiger partial charge in [-0.15, -0.1) is 0 Å². The lowest BCUT2D eigenvalue weighted by Gasteiger charge is -2.11. The molecule has 0 aliphatic rings. The molecule has 2 aromatic rings. The first-order valence-corrected chi connectivity index (χ1v) is 5.73. The molecular weight excluding hydrogens is 228 g/mol. The van der Waals surface area contributed by atoms with Gasteiger partial charge in [0.05, 0.1) is 11.9 Å². The summed E-state index contributed by atoms with van der Waals surface area (Å²) in [7, 11) is 0. The molecule has 0 spiro atoms. The number of aliphatic carboxylic acids is 1. The Labute approximate surface area is 105 Å². The molecule has 1 N–H and O–H groups in total. The van der Waals surface area contributed by atoms with Gasteiger partial charge in [0.15, 0.2) is 0 Å². The summed E-state index contributed by atoms with van der Waals surface area (Å²) >= 11 is 0. The lowest BCUT2D eigenvalue weighted by molar-refractivity contribution is -0.138. The van der Waals surface area contributed by atoms with Crippen LogP contribution in [-0.4, -0.2) is 21.3 Å². The summed E-state index contributed by atoms with van der Waals surface area (Å²) in [6, 6.07) is 11.3. The van der Waals surface area contributed by atoms with Crippen molar-refractivity contribution in [2.45, 2.75) is 19.3 Å². The molecular formula is C14H14N2O2. The highest BCUT2D eigenvalue weighted by Crippen LogP contribution is 2.19. The van der Waals surface area contributed by atoms with Crippen LogP contribution < -0.4 is 0 Å². The van der Waals surface area contributed by atoms with E-state index < -0.39 is 11.9 Å². The smallest absolute Gasteiger partial charge is 0.313 e. The molecule has 1 aromatic carbocycles. The Morgan fingerprint density at radius 3 is 2.67 bits per heavy atom. The van der Waals surface area contributed by atoms with Crippen LogP contribution in [0, 0.1) is 6.92 Å². The Morgan fingerprint density at radius 1 is 1.33 bits per heavy atom. The zero-order valence-corrected chi connectivity index (χ0v) is 10.1. The van der Waals surface area contributed by atoms with E-state index in [1.54, 1.807) is 12.3 Å². The Balaban J connectivity index is 2.27. The largest absolute Gasteiger partial charge is 0.481 e. The van der Waals surface area contributed by atoms with Crippen molar-refractivity contribution in [2.24, 2.45) is 0 Å². The quantitative estimate of drug-likeness (QED) is 0.892. The lowest BCUT2D eigenvalue weighted by Crippen LogP contribution is -2.16. The van der Waals surface area contributed by atoms with E-state index in [-0.39, 0.29) is 0 Å². The fourth-order valence-electron chi connectivity index (χ4n) is 1.82. The van der Waals surface area contributed by atoms with Crippen LogP contribution in [0.3, 0.4) is 0 Å². The standard InChI is InChI=1S/C14H14N2O2/c1-10-7-13(16-15-9-10)12(14(17)18)8-11-5-3-2-4-6-11/h2-7,9,12H,8H2,1H3,(H,17,18). The molecule has 1 unspecified atom stereocenters. The van der Waals surface area contributed by atoms with Crippen molar-refractivity contribution < 1.29 is 9.90 Å². The van der Waals surface area contributed by atoms with Crippen molar-refractivity contribution >= 4 is 5.97 Å². The summed E-state index contributed by atoms with van der Waals surface area (Å²) in [4.78, 5) is 11.3. The van der Waals surface area contributed by atoms with E-state index in [0.29, 0.717) is 12.1 Å². The third-order valence-electron chi connectivity index (χ3n) is 2.75. The number of benzene rings is 1. The van der Waals surface area contributed by atoms with Crippen LogP contribution in [0.25, 0.3) is 0 Å². The number of carbonyl (C=O) groups is 1. The summed E-state index contributed by atoms with van der Waals surface area (Å²) < 4.78 is 0. The van der Waals surface area contributed by atoms with E-state index in [9.17, 15) is 9.90 Å². The maximum absolute atomic E-state index is 11.3. The number of rotatable bonds is 4. The number of carboxylic acid groups (broad SMARTS) is 1. The SMILES string of the molecule is Cc1cnnc(C(Cc2ccccc2)C(=O)O)c1. The van der Waals surface area contributed by atoms with Crippen LogP contribution in [0.2, 0.25) is 0 Å². The summed E-state index contributed by atoms with van der Waals surface area (Å²) in [5.41, 5.74) is 2.40. The van der Waals surface area contributed by atoms with E-state index >= 15 is 0 Å². The van der Waals surface area contributed by atoms with Crippen molar-refractivity contribution in [3.63, 3.8) is 0 Å². The molecule has 0 amide bonds. The van der Waals surface area contributed by atoms with Gasteiger partial charge in [-0.25, -0.2) is 0 Å². The molecule has 92 valence electrons. The molecule has 2 rings (SSSR count). The first kappa shape index (κ1) is 12.2. The van der Waals surface area contributed by atoms with Crippen LogP contribution in [0.4, 0.5) is 0 Å². The number of aromatic nitrogens is 2. The molecule has 1 atom stereocenters. The molecule has 0 fully saturated rings. The van der Waals surface area contributed by atoms with Crippen LogP contribution in [0.5, 0.6) is 0 Å². The van der Waals surface area contributed by atoms with E-state index in [1.807, 2.05) is 37.3 Å². The number of hydrogen-bond donors (Lipinski definition) is 1. The minimum Gasteiger partial charge on any atom is -0.481 e. The summed E-state index contributed by atoms with van der Waals surface area (Å²) in [5, 5.41) is 17.1. The van der Waals surface area contributed by atoms with Gasteiger partial charge in [0, 0.05) is 0 Å². The zero-order valence-electron chi connectivity index (χ0n) is 10.1. The normalized spacial score (nSPS) is 12.1. The molecule has 0 saturated carbocycles.